The Bertz CT molecular complexity index is 835. The van der Waals surface area contributed by atoms with Crippen molar-refractivity contribution < 1.29 is 13.2 Å². The summed E-state index contributed by atoms with van der Waals surface area (Å²) in [4.78, 5) is 9.00. The number of nitrogens with one attached hydrogen (secondary N) is 1. The van der Waals surface area contributed by atoms with Crippen LogP contribution in [0.15, 0.2) is 29.3 Å². The van der Waals surface area contributed by atoms with Crippen LogP contribution in [0.1, 0.15) is 32.3 Å². The van der Waals surface area contributed by atoms with E-state index >= 15 is 0 Å². The average molecular weight is 565 g/mol. The summed E-state index contributed by atoms with van der Waals surface area (Å²) < 4.78 is 29.0. The molecule has 1 aromatic rings. The maximum absolute atomic E-state index is 12.3. The Labute approximate surface area is 204 Å². The summed E-state index contributed by atoms with van der Waals surface area (Å²) in [7, 11) is 0.421. The summed E-state index contributed by atoms with van der Waals surface area (Å²) in [5.74, 6) is 2.51. The first-order chi connectivity index (χ1) is 14.2. The van der Waals surface area contributed by atoms with E-state index in [4.69, 9.17) is 4.74 Å². The summed E-state index contributed by atoms with van der Waals surface area (Å²) in [6, 6.07) is 8.31. The highest BCUT2D eigenvalue weighted by Crippen LogP contribution is 2.24. The van der Waals surface area contributed by atoms with Crippen molar-refractivity contribution in [3.63, 3.8) is 0 Å². The zero-order valence-electron chi connectivity index (χ0n) is 19.1. The lowest BCUT2D eigenvalue weighted by Crippen LogP contribution is -2.57. The van der Waals surface area contributed by atoms with Gasteiger partial charge in [-0.1, -0.05) is 12.1 Å². The van der Waals surface area contributed by atoms with Crippen molar-refractivity contribution in [3.05, 3.63) is 29.8 Å². The van der Waals surface area contributed by atoms with Crippen molar-refractivity contribution in [2.75, 3.05) is 52.6 Å². The van der Waals surface area contributed by atoms with Crippen LogP contribution < -0.4 is 10.1 Å². The van der Waals surface area contributed by atoms with E-state index in [1.165, 1.54) is 5.56 Å². The Morgan fingerprint density at radius 3 is 2.39 bits per heavy atom. The molecule has 2 saturated heterocycles. The lowest BCUT2D eigenvalue weighted by atomic mass is 9.96. The summed E-state index contributed by atoms with van der Waals surface area (Å²) in [6.45, 7) is 8.63. The minimum Gasteiger partial charge on any atom is -0.497 e. The molecule has 0 aliphatic carbocycles. The molecule has 0 bridgehead atoms. The molecule has 7 nitrogen and oxygen atoms in total. The van der Waals surface area contributed by atoms with Crippen LogP contribution in [0.3, 0.4) is 0 Å². The summed E-state index contributed by atoms with van der Waals surface area (Å²) in [5, 5.41) is 3.50. The number of methoxy groups -OCH3 is 1. The SMILES string of the molecule is CN=C(NCC1CCN(Cc2ccc(OC)cc2)CC1)N1CCS(=O)(=O)C(C)(C)C1.I. The van der Waals surface area contributed by atoms with E-state index in [9.17, 15) is 8.42 Å². The van der Waals surface area contributed by atoms with Crippen LogP contribution >= 0.6 is 24.0 Å². The van der Waals surface area contributed by atoms with Gasteiger partial charge < -0.3 is 15.0 Å². The van der Waals surface area contributed by atoms with Gasteiger partial charge in [0.05, 0.1) is 17.6 Å². The fourth-order valence-electron chi connectivity index (χ4n) is 4.23. The second kappa shape index (κ2) is 11.2. The van der Waals surface area contributed by atoms with Crippen LogP contribution in [-0.2, 0) is 16.4 Å². The van der Waals surface area contributed by atoms with Gasteiger partial charge >= 0.3 is 0 Å². The third-order valence-corrected chi connectivity index (χ3v) is 8.91. The maximum Gasteiger partial charge on any atom is 0.193 e. The molecule has 31 heavy (non-hydrogen) atoms. The van der Waals surface area contributed by atoms with Crippen molar-refractivity contribution in [2.24, 2.45) is 10.9 Å². The first-order valence-electron chi connectivity index (χ1n) is 10.8. The number of hydrogen-bond acceptors (Lipinski definition) is 5. The van der Waals surface area contributed by atoms with E-state index in [1.54, 1.807) is 28.0 Å². The first-order valence-corrected chi connectivity index (χ1v) is 12.4. The quantitative estimate of drug-likeness (QED) is 0.337. The molecule has 0 unspecified atom stereocenters. The van der Waals surface area contributed by atoms with Crippen LogP contribution in [0.2, 0.25) is 0 Å². The lowest BCUT2D eigenvalue weighted by molar-refractivity contribution is 0.177. The average Bonchev–Trinajstić information content (AvgIpc) is 2.73. The number of ether oxygens (including phenoxy) is 1. The van der Waals surface area contributed by atoms with Gasteiger partial charge in [0.1, 0.15) is 5.75 Å². The normalized spacial score (nSPS) is 21.9. The highest BCUT2D eigenvalue weighted by atomic mass is 127. The second-order valence-corrected chi connectivity index (χ2v) is 11.7. The van der Waals surface area contributed by atoms with E-state index in [-0.39, 0.29) is 29.7 Å². The molecule has 0 atom stereocenters. The van der Waals surface area contributed by atoms with Crippen molar-refractivity contribution in [3.8, 4) is 5.75 Å². The van der Waals surface area contributed by atoms with Crippen molar-refractivity contribution in [2.45, 2.75) is 38.0 Å². The molecule has 2 aliphatic rings. The minimum absolute atomic E-state index is 0. The van der Waals surface area contributed by atoms with Gasteiger partial charge in [0.2, 0.25) is 0 Å². The number of hydrogen-bond donors (Lipinski definition) is 1. The van der Waals surface area contributed by atoms with Crippen molar-refractivity contribution >= 4 is 39.8 Å². The van der Waals surface area contributed by atoms with Gasteiger partial charge in [0.25, 0.3) is 0 Å². The second-order valence-electron chi connectivity index (χ2n) is 9.00. The van der Waals surface area contributed by atoms with Crippen LogP contribution in [0, 0.1) is 5.92 Å². The summed E-state index contributed by atoms with van der Waals surface area (Å²) in [6.07, 6.45) is 2.31. The summed E-state index contributed by atoms with van der Waals surface area (Å²) in [5.41, 5.74) is 1.32. The predicted molar refractivity (Wildman–Crippen MR) is 137 cm³/mol. The Balaban J connectivity index is 0.00000341. The number of piperidine rings is 1. The van der Waals surface area contributed by atoms with Gasteiger partial charge in [-0.3, -0.25) is 9.89 Å². The Morgan fingerprint density at radius 2 is 1.84 bits per heavy atom. The Hall–Kier alpha value is -1.07. The molecule has 0 radical (unpaired) electrons. The number of halogens is 1. The molecule has 2 fully saturated rings. The topological polar surface area (TPSA) is 74.2 Å². The van der Waals surface area contributed by atoms with Crippen LogP contribution in [0.4, 0.5) is 0 Å². The number of benzene rings is 1. The maximum atomic E-state index is 12.3. The number of rotatable bonds is 5. The molecule has 1 N–H and O–H groups in total. The summed E-state index contributed by atoms with van der Waals surface area (Å²) >= 11 is 0. The van der Waals surface area contributed by atoms with E-state index < -0.39 is 14.6 Å². The zero-order chi connectivity index (χ0) is 21.8. The predicted octanol–water partition coefficient (Wildman–Crippen LogP) is 2.61. The molecule has 176 valence electrons. The van der Waals surface area contributed by atoms with E-state index in [1.807, 2.05) is 12.1 Å². The van der Waals surface area contributed by atoms with Crippen molar-refractivity contribution in [1.82, 2.24) is 15.1 Å². The molecule has 1 aromatic carbocycles. The molecule has 2 heterocycles. The first kappa shape index (κ1) is 26.2. The molecule has 0 saturated carbocycles. The van der Waals surface area contributed by atoms with Gasteiger partial charge in [-0.05, 0) is 63.4 Å². The fraction of sp³-hybridized carbons (Fsp3) is 0.682. The van der Waals surface area contributed by atoms with Crippen LogP contribution in [0.5, 0.6) is 5.75 Å². The van der Waals surface area contributed by atoms with Crippen LogP contribution in [0.25, 0.3) is 0 Å². The lowest BCUT2D eigenvalue weighted by Gasteiger charge is -2.39. The number of sulfone groups is 1. The highest BCUT2D eigenvalue weighted by molar-refractivity contribution is 14.0. The van der Waals surface area contributed by atoms with Crippen LogP contribution in [-0.4, -0.2) is 81.6 Å². The molecule has 0 aromatic heterocycles. The van der Waals surface area contributed by atoms with Gasteiger partial charge in [-0.2, -0.15) is 0 Å². The molecule has 0 amide bonds. The number of guanidine groups is 1. The molecular weight excluding hydrogens is 527 g/mol. The van der Waals surface area contributed by atoms with Crippen molar-refractivity contribution in [1.29, 1.82) is 0 Å². The zero-order valence-corrected chi connectivity index (χ0v) is 22.3. The number of likely N-dealkylation sites (tertiary alicyclic amines) is 1. The monoisotopic (exact) mass is 564 g/mol. The molecule has 9 heteroatoms. The van der Waals surface area contributed by atoms with E-state index in [0.29, 0.717) is 19.0 Å². The molecule has 2 aliphatic heterocycles. The van der Waals surface area contributed by atoms with Gasteiger partial charge in [0.15, 0.2) is 15.8 Å². The molecule has 0 spiro atoms. The smallest absolute Gasteiger partial charge is 0.193 e. The third kappa shape index (κ3) is 6.71. The number of aliphatic imine (C=N–C) groups is 1. The molecule has 3 rings (SSSR count). The van der Waals surface area contributed by atoms with E-state index in [0.717, 1.165) is 50.7 Å². The fourth-order valence-corrected chi connectivity index (χ4v) is 5.60. The highest BCUT2D eigenvalue weighted by Gasteiger charge is 2.41. The van der Waals surface area contributed by atoms with Gasteiger partial charge in [0, 0.05) is 33.2 Å². The van der Waals surface area contributed by atoms with E-state index in [2.05, 4.69) is 32.2 Å². The molecular formula is C22H37IN4O3S. The minimum atomic E-state index is -3.04. The Morgan fingerprint density at radius 1 is 1.19 bits per heavy atom. The van der Waals surface area contributed by atoms with Gasteiger partial charge in [-0.25, -0.2) is 8.42 Å². The van der Waals surface area contributed by atoms with Gasteiger partial charge in [-0.15, -0.1) is 24.0 Å². The largest absolute Gasteiger partial charge is 0.497 e. The Kier molecular flexibility index (Phi) is 9.44. The standard InChI is InChI=1S/C22H36N4O3S.HI/c1-22(2)17-26(13-14-30(22,27)28)21(23-3)24-15-18-9-11-25(12-10-18)16-19-5-7-20(29-4)8-6-19;/h5-8,18H,9-17H2,1-4H3,(H,23,24);1H. The number of nitrogens with zero attached hydrogens (tertiary/aromatic N) is 3. The third-order valence-electron chi connectivity index (χ3n) is 6.38.